The minimum Gasteiger partial charge on any atom is -0.474 e. The number of hydrogen-bond donors (Lipinski definition) is 2. The molecule has 2 N–H and O–H groups in total. The van der Waals surface area contributed by atoms with Crippen LogP contribution in [-0.4, -0.2) is 59.4 Å². The lowest BCUT2D eigenvalue weighted by molar-refractivity contribution is -0.112. The van der Waals surface area contributed by atoms with E-state index in [1.54, 1.807) is 6.07 Å². The highest BCUT2D eigenvalue weighted by Crippen LogP contribution is 2.44. The van der Waals surface area contributed by atoms with E-state index in [1.165, 1.54) is 18.3 Å². The Hall–Kier alpha value is -1.71. The number of rotatable bonds is 6. The van der Waals surface area contributed by atoms with Crippen molar-refractivity contribution in [3.8, 4) is 0 Å². The number of hydrogen-bond acceptors (Lipinski definition) is 6. The van der Waals surface area contributed by atoms with E-state index >= 15 is 0 Å². The summed E-state index contributed by atoms with van der Waals surface area (Å²) in [5.41, 5.74) is -0.638. The van der Waals surface area contributed by atoms with Gasteiger partial charge in [0.1, 0.15) is 12.7 Å². The summed E-state index contributed by atoms with van der Waals surface area (Å²) in [6, 6.07) is 3.37. The Morgan fingerprint density at radius 3 is 2.52 bits per heavy atom. The van der Waals surface area contributed by atoms with E-state index in [0.29, 0.717) is 0 Å². The minimum absolute atomic E-state index is 0.0630. The van der Waals surface area contributed by atoms with Crippen LogP contribution in [0.15, 0.2) is 46.4 Å². The van der Waals surface area contributed by atoms with Crippen LogP contribution >= 0.6 is 34.8 Å². The number of ketones is 1. The molecule has 1 aromatic rings. The summed E-state index contributed by atoms with van der Waals surface area (Å²) in [7, 11) is 0. The van der Waals surface area contributed by atoms with Crippen molar-refractivity contribution in [2.24, 2.45) is 4.99 Å². The predicted octanol–water partition coefficient (Wildman–Crippen LogP) is 3.17. The second-order valence-electron chi connectivity index (χ2n) is 6.21. The summed E-state index contributed by atoms with van der Waals surface area (Å²) in [5, 5.41) is 17.6. The van der Waals surface area contributed by atoms with Crippen molar-refractivity contribution in [1.82, 2.24) is 0 Å². The van der Waals surface area contributed by atoms with Gasteiger partial charge in [-0.3, -0.25) is 4.79 Å². The number of nitrogens with zero attached hydrogens (tertiary/aromatic N) is 2. The Labute approximate surface area is 179 Å². The predicted molar refractivity (Wildman–Crippen MR) is 106 cm³/mol. The van der Waals surface area contributed by atoms with Crippen LogP contribution in [-0.2, 0) is 9.53 Å². The van der Waals surface area contributed by atoms with Crippen LogP contribution in [0.2, 0.25) is 10.0 Å². The van der Waals surface area contributed by atoms with Crippen LogP contribution in [0, 0.1) is 0 Å². The molecule has 2 heterocycles. The zero-order chi connectivity index (χ0) is 21.3. The summed E-state index contributed by atoms with van der Waals surface area (Å²) in [6.07, 6.45) is -2.25. The average molecular weight is 468 g/mol. The molecule has 0 amide bonds. The van der Waals surface area contributed by atoms with Crippen molar-refractivity contribution in [2.45, 2.75) is 23.9 Å². The third-order valence-electron chi connectivity index (χ3n) is 4.29. The monoisotopic (exact) mass is 466 g/mol. The van der Waals surface area contributed by atoms with E-state index in [0.717, 1.165) is 11.0 Å². The molecular weight excluding hydrogens is 453 g/mol. The number of aliphatic hydroxyl groups excluding tert-OH is 2. The Bertz CT molecular complexity index is 887. The molecule has 1 aromatic carbocycles. The molecule has 0 aromatic heterocycles. The molecule has 156 valence electrons. The number of para-hydroxylation sites is 1. The molecule has 2 aliphatic rings. The van der Waals surface area contributed by atoms with Crippen LogP contribution in [0.3, 0.4) is 0 Å². The van der Waals surface area contributed by atoms with Crippen molar-refractivity contribution in [3.63, 3.8) is 0 Å². The Morgan fingerprint density at radius 2 is 1.93 bits per heavy atom. The zero-order valence-corrected chi connectivity index (χ0v) is 16.9. The van der Waals surface area contributed by atoms with Gasteiger partial charge >= 0.3 is 0 Å². The fourth-order valence-corrected chi connectivity index (χ4v) is 3.91. The first kappa shape index (κ1) is 22.0. The number of halogens is 5. The largest absolute Gasteiger partial charge is 0.474 e. The van der Waals surface area contributed by atoms with Gasteiger partial charge in [0.05, 0.1) is 45.0 Å². The minimum atomic E-state index is -3.02. The number of carbonyl (C=O) groups is 1. The van der Waals surface area contributed by atoms with Gasteiger partial charge in [-0.2, -0.15) is 0 Å². The van der Waals surface area contributed by atoms with Gasteiger partial charge in [0.2, 0.25) is 5.88 Å². The molecule has 3 unspecified atom stereocenters. The maximum Gasteiger partial charge on any atom is 0.278 e. The molecule has 11 heteroatoms. The van der Waals surface area contributed by atoms with Gasteiger partial charge in [-0.15, -0.1) is 11.6 Å². The number of allylic oxidation sites excluding steroid dienone is 2. The van der Waals surface area contributed by atoms with Gasteiger partial charge in [0.15, 0.2) is 5.78 Å². The maximum atomic E-state index is 13.8. The number of alkyl halides is 3. The number of aliphatic imine (C=N–C) groups is 1. The highest BCUT2D eigenvalue weighted by molar-refractivity contribution is 6.39. The number of ether oxygens (including phenoxy) is 1. The van der Waals surface area contributed by atoms with Gasteiger partial charge in [0, 0.05) is 12.3 Å². The molecule has 2 aliphatic heterocycles. The Kier molecular flexibility index (Phi) is 6.80. The Morgan fingerprint density at radius 1 is 1.28 bits per heavy atom. The normalized spacial score (nSPS) is 22.7. The molecule has 0 radical (unpaired) electrons. The van der Waals surface area contributed by atoms with E-state index in [-0.39, 0.29) is 33.8 Å². The first-order valence-electron chi connectivity index (χ1n) is 8.37. The van der Waals surface area contributed by atoms with Gasteiger partial charge in [0.25, 0.3) is 6.43 Å². The van der Waals surface area contributed by atoms with Gasteiger partial charge < -0.3 is 19.8 Å². The lowest BCUT2D eigenvalue weighted by Gasteiger charge is -2.42. The van der Waals surface area contributed by atoms with Crippen LogP contribution < -0.4 is 4.90 Å². The molecular formula is C18H15Cl3F2N2O4. The first-order valence-corrected chi connectivity index (χ1v) is 9.57. The van der Waals surface area contributed by atoms with Crippen molar-refractivity contribution < 1.29 is 28.5 Å². The smallest absolute Gasteiger partial charge is 0.278 e. The molecule has 0 saturated heterocycles. The van der Waals surface area contributed by atoms with Crippen LogP contribution in [0.25, 0.3) is 0 Å². The standard InChI is InChI=1S/C18H15Cl3F2N2O4/c19-9-2-1-3-10(20)15(9)25-12(17(22)23)4-13(28)14-16(25)11(21)5-24-18(14)29-7-8(27)6-26/h1-5,8,11,16-17,26-27H,6-7H2. The van der Waals surface area contributed by atoms with E-state index < -0.39 is 42.0 Å². The second kappa shape index (κ2) is 8.97. The van der Waals surface area contributed by atoms with Crippen LogP contribution in [0.5, 0.6) is 0 Å². The highest BCUT2D eigenvalue weighted by Gasteiger charge is 2.45. The zero-order valence-electron chi connectivity index (χ0n) is 14.6. The molecule has 6 nitrogen and oxygen atoms in total. The summed E-state index contributed by atoms with van der Waals surface area (Å²) >= 11 is 18.8. The third kappa shape index (κ3) is 4.27. The second-order valence-corrected chi connectivity index (χ2v) is 7.53. The van der Waals surface area contributed by atoms with Gasteiger partial charge in [-0.1, -0.05) is 29.3 Å². The quantitative estimate of drug-likeness (QED) is 0.628. The van der Waals surface area contributed by atoms with E-state index in [9.17, 15) is 18.7 Å². The molecule has 3 atom stereocenters. The number of anilines is 1. The topological polar surface area (TPSA) is 82.4 Å². The number of fused-ring (bicyclic) bond motifs is 1. The summed E-state index contributed by atoms with van der Waals surface area (Å²) in [4.78, 5) is 17.8. The number of carbonyl (C=O) groups excluding carboxylic acids is 1. The number of aliphatic hydroxyl groups is 2. The molecule has 0 saturated carbocycles. The fraction of sp³-hybridized carbons (Fsp3) is 0.333. The lowest BCUT2D eigenvalue weighted by atomic mass is 9.91. The van der Waals surface area contributed by atoms with E-state index in [4.69, 9.17) is 44.6 Å². The molecule has 0 fully saturated rings. The molecule has 29 heavy (non-hydrogen) atoms. The van der Waals surface area contributed by atoms with Gasteiger partial charge in [-0.25, -0.2) is 13.8 Å². The average Bonchev–Trinajstić information content (AvgIpc) is 2.68. The fourth-order valence-electron chi connectivity index (χ4n) is 3.04. The third-order valence-corrected chi connectivity index (χ3v) is 5.25. The summed E-state index contributed by atoms with van der Waals surface area (Å²) in [5.74, 6) is -0.956. The van der Waals surface area contributed by atoms with Crippen LogP contribution in [0.1, 0.15) is 0 Å². The molecule has 0 spiro atoms. The first-order chi connectivity index (χ1) is 13.8. The van der Waals surface area contributed by atoms with Crippen molar-refractivity contribution in [2.75, 3.05) is 18.1 Å². The highest BCUT2D eigenvalue weighted by atomic mass is 35.5. The summed E-state index contributed by atoms with van der Waals surface area (Å²) in [6.45, 7) is -0.934. The molecule has 0 bridgehead atoms. The van der Waals surface area contributed by atoms with Crippen molar-refractivity contribution in [3.05, 3.63) is 51.5 Å². The van der Waals surface area contributed by atoms with Crippen molar-refractivity contribution >= 4 is 52.5 Å². The SMILES string of the molecule is O=C1C=C(C(F)F)N(c2c(Cl)cccc2Cl)C2C1=C(OCC(O)CO)N=CC2Cl. The van der Waals surface area contributed by atoms with Crippen molar-refractivity contribution in [1.29, 1.82) is 0 Å². The van der Waals surface area contributed by atoms with E-state index in [1.807, 2.05) is 0 Å². The summed E-state index contributed by atoms with van der Waals surface area (Å²) < 4.78 is 33.0. The maximum absolute atomic E-state index is 13.8. The van der Waals surface area contributed by atoms with Crippen LogP contribution in [0.4, 0.5) is 14.5 Å². The molecule has 0 aliphatic carbocycles. The van der Waals surface area contributed by atoms with E-state index in [2.05, 4.69) is 4.99 Å². The van der Waals surface area contributed by atoms with Gasteiger partial charge in [-0.05, 0) is 12.1 Å². The lowest BCUT2D eigenvalue weighted by Crippen LogP contribution is -2.51. The molecule has 3 rings (SSSR count). The Balaban J connectivity index is 2.17. The number of benzene rings is 1.